The molecule has 0 heterocycles. The molecule has 0 unspecified atom stereocenters. The van der Waals surface area contributed by atoms with E-state index in [1.54, 1.807) is 13.8 Å². The van der Waals surface area contributed by atoms with Gasteiger partial charge in [0.15, 0.2) is 5.78 Å². The van der Waals surface area contributed by atoms with Crippen molar-refractivity contribution < 1.29 is 14.1 Å². The van der Waals surface area contributed by atoms with Gasteiger partial charge in [0.2, 0.25) is 0 Å². The van der Waals surface area contributed by atoms with Gasteiger partial charge in [-0.05, 0) is 12.1 Å². The molecule has 0 radical (unpaired) electrons. The normalized spacial score (nSPS) is 10.4. The molecule has 1 aromatic rings. The minimum absolute atomic E-state index is 0.171. The molecule has 0 aliphatic carbocycles. The SMILES string of the molecule is CC(C)C(=O)c1cc(F)ccc1[N+](=O)[O-]. The van der Waals surface area contributed by atoms with Gasteiger partial charge in [-0.2, -0.15) is 0 Å². The number of hydrogen-bond acceptors (Lipinski definition) is 3. The van der Waals surface area contributed by atoms with E-state index in [1.165, 1.54) is 0 Å². The molecular formula is C10H10FNO3. The van der Waals surface area contributed by atoms with Crippen LogP contribution in [-0.2, 0) is 0 Å². The molecule has 0 aromatic heterocycles. The maximum atomic E-state index is 12.9. The number of Topliss-reactive ketones (excluding diaryl/α,β-unsaturated/α-hetero) is 1. The summed E-state index contributed by atoms with van der Waals surface area (Å²) in [6.07, 6.45) is 0. The predicted octanol–water partition coefficient (Wildman–Crippen LogP) is 2.57. The second-order valence-electron chi connectivity index (χ2n) is 3.44. The van der Waals surface area contributed by atoms with Crippen molar-refractivity contribution in [3.8, 4) is 0 Å². The van der Waals surface area contributed by atoms with Gasteiger partial charge in [0.05, 0.1) is 10.5 Å². The Morgan fingerprint density at radius 3 is 2.53 bits per heavy atom. The first kappa shape index (κ1) is 11.3. The molecule has 0 atom stereocenters. The van der Waals surface area contributed by atoms with Crippen LogP contribution in [0, 0.1) is 21.8 Å². The van der Waals surface area contributed by atoms with E-state index in [0.717, 1.165) is 18.2 Å². The monoisotopic (exact) mass is 211 g/mol. The number of hydrogen-bond donors (Lipinski definition) is 0. The molecular weight excluding hydrogens is 201 g/mol. The molecule has 0 amide bonds. The number of nitrogens with zero attached hydrogens (tertiary/aromatic N) is 1. The van der Waals surface area contributed by atoms with Crippen LogP contribution in [0.4, 0.5) is 10.1 Å². The molecule has 4 nitrogen and oxygen atoms in total. The summed E-state index contributed by atoms with van der Waals surface area (Å²) in [6, 6.07) is 2.88. The Hall–Kier alpha value is -1.78. The predicted molar refractivity (Wildman–Crippen MR) is 52.2 cm³/mol. The topological polar surface area (TPSA) is 60.2 Å². The Kier molecular flexibility index (Phi) is 3.14. The maximum absolute atomic E-state index is 12.9. The third-order valence-electron chi connectivity index (χ3n) is 1.95. The van der Waals surface area contributed by atoms with Gasteiger partial charge in [-0.3, -0.25) is 14.9 Å². The first-order chi connectivity index (χ1) is 6.93. The summed E-state index contributed by atoms with van der Waals surface area (Å²) < 4.78 is 12.9. The van der Waals surface area contributed by atoms with E-state index < -0.39 is 22.4 Å². The standard InChI is InChI=1S/C10H10FNO3/c1-6(2)10(13)8-5-7(11)3-4-9(8)12(14)15/h3-6H,1-2H3. The lowest BCUT2D eigenvalue weighted by molar-refractivity contribution is -0.385. The Morgan fingerprint density at radius 1 is 1.47 bits per heavy atom. The molecule has 15 heavy (non-hydrogen) atoms. The molecule has 0 saturated heterocycles. The van der Waals surface area contributed by atoms with Crippen LogP contribution in [0.25, 0.3) is 0 Å². The summed E-state index contributed by atoms with van der Waals surface area (Å²) in [6.45, 7) is 3.22. The average Bonchev–Trinajstić information content (AvgIpc) is 2.15. The van der Waals surface area contributed by atoms with E-state index in [2.05, 4.69) is 0 Å². The second-order valence-corrected chi connectivity index (χ2v) is 3.44. The second kappa shape index (κ2) is 4.16. The number of rotatable bonds is 3. The molecule has 0 bridgehead atoms. The summed E-state index contributed by atoms with van der Waals surface area (Å²) in [5.41, 5.74) is -0.523. The van der Waals surface area contributed by atoms with Gasteiger partial charge in [-0.1, -0.05) is 13.8 Å². The van der Waals surface area contributed by atoms with E-state index in [9.17, 15) is 19.3 Å². The largest absolute Gasteiger partial charge is 0.294 e. The van der Waals surface area contributed by atoms with Crippen molar-refractivity contribution in [3.05, 3.63) is 39.7 Å². The van der Waals surface area contributed by atoms with Gasteiger partial charge in [-0.25, -0.2) is 4.39 Å². The van der Waals surface area contributed by atoms with E-state index in [-0.39, 0.29) is 11.3 Å². The molecule has 0 spiro atoms. The number of ketones is 1. The fourth-order valence-electron chi connectivity index (χ4n) is 1.18. The van der Waals surface area contributed by atoms with Gasteiger partial charge in [0, 0.05) is 12.0 Å². The highest BCUT2D eigenvalue weighted by Gasteiger charge is 2.22. The van der Waals surface area contributed by atoms with E-state index in [1.807, 2.05) is 0 Å². The number of nitro benzene ring substituents is 1. The van der Waals surface area contributed by atoms with Crippen LogP contribution in [0.3, 0.4) is 0 Å². The lowest BCUT2D eigenvalue weighted by Crippen LogP contribution is -2.10. The van der Waals surface area contributed by atoms with E-state index >= 15 is 0 Å². The fourth-order valence-corrected chi connectivity index (χ4v) is 1.18. The molecule has 0 aliphatic rings. The van der Waals surface area contributed by atoms with Crippen molar-refractivity contribution in [2.24, 2.45) is 5.92 Å². The van der Waals surface area contributed by atoms with Crippen LogP contribution >= 0.6 is 0 Å². The first-order valence-electron chi connectivity index (χ1n) is 4.41. The summed E-state index contributed by atoms with van der Waals surface area (Å²) >= 11 is 0. The Bertz CT molecular complexity index is 415. The quantitative estimate of drug-likeness (QED) is 0.438. The average molecular weight is 211 g/mol. The highest BCUT2D eigenvalue weighted by Crippen LogP contribution is 2.22. The van der Waals surface area contributed by atoms with Crippen LogP contribution in [0.15, 0.2) is 18.2 Å². The minimum Gasteiger partial charge on any atom is -0.294 e. The number of halogens is 1. The van der Waals surface area contributed by atoms with Crippen LogP contribution in [0.1, 0.15) is 24.2 Å². The van der Waals surface area contributed by atoms with Crippen molar-refractivity contribution in [2.75, 3.05) is 0 Å². The van der Waals surface area contributed by atoms with Crippen molar-refractivity contribution in [1.29, 1.82) is 0 Å². The van der Waals surface area contributed by atoms with Gasteiger partial charge in [0.1, 0.15) is 5.82 Å². The Balaban J connectivity index is 3.30. The van der Waals surface area contributed by atoms with Gasteiger partial charge in [-0.15, -0.1) is 0 Å². The summed E-state index contributed by atoms with van der Waals surface area (Å²) in [4.78, 5) is 21.5. The van der Waals surface area contributed by atoms with Crippen molar-refractivity contribution >= 4 is 11.5 Å². The summed E-state index contributed by atoms with van der Waals surface area (Å²) in [5, 5.41) is 10.6. The number of carbonyl (C=O) groups is 1. The number of carbonyl (C=O) groups excluding carboxylic acids is 1. The van der Waals surface area contributed by atoms with Crippen molar-refractivity contribution in [2.45, 2.75) is 13.8 Å². The van der Waals surface area contributed by atoms with E-state index in [4.69, 9.17) is 0 Å². The van der Waals surface area contributed by atoms with Gasteiger partial charge >= 0.3 is 0 Å². The number of nitro groups is 1. The van der Waals surface area contributed by atoms with Crippen molar-refractivity contribution in [1.82, 2.24) is 0 Å². The molecule has 0 aliphatic heterocycles. The van der Waals surface area contributed by atoms with Gasteiger partial charge in [0.25, 0.3) is 5.69 Å². The molecule has 1 aromatic carbocycles. The molecule has 1 rings (SSSR count). The van der Waals surface area contributed by atoms with Gasteiger partial charge < -0.3 is 0 Å². The van der Waals surface area contributed by atoms with Crippen LogP contribution in [0.5, 0.6) is 0 Å². The number of benzene rings is 1. The van der Waals surface area contributed by atoms with Crippen LogP contribution in [0.2, 0.25) is 0 Å². The Labute approximate surface area is 85.9 Å². The van der Waals surface area contributed by atoms with E-state index in [0.29, 0.717) is 0 Å². The zero-order chi connectivity index (χ0) is 11.6. The molecule has 0 N–H and O–H groups in total. The van der Waals surface area contributed by atoms with Crippen LogP contribution < -0.4 is 0 Å². The lowest BCUT2D eigenvalue weighted by Gasteiger charge is -2.04. The lowest BCUT2D eigenvalue weighted by atomic mass is 9.99. The molecule has 80 valence electrons. The maximum Gasteiger partial charge on any atom is 0.280 e. The third-order valence-corrected chi connectivity index (χ3v) is 1.95. The third kappa shape index (κ3) is 2.37. The minimum atomic E-state index is -0.685. The zero-order valence-electron chi connectivity index (χ0n) is 8.36. The molecule has 5 heteroatoms. The fraction of sp³-hybridized carbons (Fsp3) is 0.300. The highest BCUT2D eigenvalue weighted by atomic mass is 19.1. The zero-order valence-corrected chi connectivity index (χ0v) is 8.36. The molecule has 0 fully saturated rings. The summed E-state index contributed by atoms with van der Waals surface area (Å²) in [7, 11) is 0. The smallest absolute Gasteiger partial charge is 0.280 e. The summed E-state index contributed by atoms with van der Waals surface area (Å²) in [5.74, 6) is -1.48. The first-order valence-corrected chi connectivity index (χ1v) is 4.41. The highest BCUT2D eigenvalue weighted by molar-refractivity contribution is 6.00. The van der Waals surface area contributed by atoms with Crippen LogP contribution in [-0.4, -0.2) is 10.7 Å². The molecule has 0 saturated carbocycles. The Morgan fingerprint density at radius 2 is 2.07 bits per heavy atom. The van der Waals surface area contributed by atoms with Crippen molar-refractivity contribution in [3.63, 3.8) is 0 Å².